The van der Waals surface area contributed by atoms with E-state index in [9.17, 15) is 19.2 Å². The Bertz CT molecular complexity index is 1110. The fraction of sp³-hybridized carbons (Fsp3) is 0.304. The van der Waals surface area contributed by atoms with Crippen molar-refractivity contribution in [3.05, 3.63) is 59.2 Å². The van der Waals surface area contributed by atoms with E-state index in [-0.39, 0.29) is 18.7 Å². The molecule has 8 heteroatoms. The maximum atomic E-state index is 13.3. The summed E-state index contributed by atoms with van der Waals surface area (Å²) in [7, 11) is 0. The molecular formula is C23H22N4O4. The highest BCUT2D eigenvalue weighted by atomic mass is 16.2. The van der Waals surface area contributed by atoms with Gasteiger partial charge in [-0.15, -0.1) is 0 Å². The molecule has 1 saturated heterocycles. The van der Waals surface area contributed by atoms with Crippen molar-refractivity contribution in [1.29, 1.82) is 0 Å². The SMILES string of the molecule is O=C1CCC(N2C(=O)c3cccc(CN4CCCNc5ccccc54)c3C2=O)C(=O)N1. The van der Waals surface area contributed by atoms with E-state index in [1.54, 1.807) is 12.1 Å². The summed E-state index contributed by atoms with van der Waals surface area (Å²) in [5.41, 5.74) is 3.51. The zero-order valence-corrected chi connectivity index (χ0v) is 16.9. The van der Waals surface area contributed by atoms with Gasteiger partial charge in [0.25, 0.3) is 11.8 Å². The standard InChI is InChI=1S/C23H22N4O4/c28-19-10-9-18(21(29)25-19)27-22(30)15-6-3-5-14(20(15)23(27)31)13-26-12-4-11-24-16-7-1-2-8-17(16)26/h1-3,5-8,18,24H,4,9-13H2,(H,25,28,29). The highest BCUT2D eigenvalue weighted by molar-refractivity contribution is 6.24. The molecule has 158 valence electrons. The normalized spacial score (nSPS) is 20.7. The van der Waals surface area contributed by atoms with Crippen molar-refractivity contribution in [3.63, 3.8) is 0 Å². The van der Waals surface area contributed by atoms with Crippen molar-refractivity contribution in [3.8, 4) is 0 Å². The number of benzene rings is 2. The first-order chi connectivity index (χ1) is 15.0. The van der Waals surface area contributed by atoms with Crippen LogP contribution in [0.3, 0.4) is 0 Å². The molecule has 4 amide bonds. The minimum atomic E-state index is -0.957. The van der Waals surface area contributed by atoms with Crippen LogP contribution in [0.15, 0.2) is 42.5 Å². The van der Waals surface area contributed by atoms with Crippen LogP contribution in [0.1, 0.15) is 45.5 Å². The number of carbonyl (C=O) groups is 4. The van der Waals surface area contributed by atoms with Crippen LogP contribution < -0.4 is 15.5 Å². The number of rotatable bonds is 3. The lowest BCUT2D eigenvalue weighted by Crippen LogP contribution is -2.54. The van der Waals surface area contributed by atoms with Crippen molar-refractivity contribution >= 4 is 35.0 Å². The average Bonchev–Trinajstić information content (AvgIpc) is 2.90. The molecule has 0 radical (unpaired) electrons. The van der Waals surface area contributed by atoms with Crippen molar-refractivity contribution in [2.45, 2.75) is 31.8 Å². The Hall–Kier alpha value is -3.68. The molecule has 0 spiro atoms. The third-order valence-corrected chi connectivity index (χ3v) is 6.08. The van der Waals surface area contributed by atoms with Gasteiger partial charge in [0.1, 0.15) is 6.04 Å². The summed E-state index contributed by atoms with van der Waals surface area (Å²) >= 11 is 0. The number of carbonyl (C=O) groups excluding carboxylic acids is 4. The first-order valence-corrected chi connectivity index (χ1v) is 10.5. The van der Waals surface area contributed by atoms with Gasteiger partial charge in [0, 0.05) is 26.1 Å². The molecule has 3 heterocycles. The van der Waals surface area contributed by atoms with Crippen molar-refractivity contribution < 1.29 is 19.2 Å². The van der Waals surface area contributed by atoms with E-state index in [0.717, 1.165) is 41.3 Å². The topological polar surface area (TPSA) is 98.8 Å². The second-order valence-corrected chi connectivity index (χ2v) is 8.01. The Morgan fingerprint density at radius 1 is 0.968 bits per heavy atom. The number of hydrogen-bond donors (Lipinski definition) is 2. The van der Waals surface area contributed by atoms with Gasteiger partial charge in [0.05, 0.1) is 22.5 Å². The average molecular weight is 418 g/mol. The van der Waals surface area contributed by atoms with Crippen LogP contribution in [0.5, 0.6) is 0 Å². The molecule has 3 aliphatic heterocycles. The predicted octanol–water partition coefficient (Wildman–Crippen LogP) is 1.91. The van der Waals surface area contributed by atoms with Gasteiger partial charge in [0.2, 0.25) is 11.8 Å². The second-order valence-electron chi connectivity index (χ2n) is 8.01. The molecular weight excluding hydrogens is 396 g/mol. The third kappa shape index (κ3) is 3.24. The van der Waals surface area contributed by atoms with Crippen LogP contribution in [-0.2, 0) is 16.1 Å². The highest BCUT2D eigenvalue weighted by Gasteiger charge is 2.45. The number of para-hydroxylation sites is 2. The highest BCUT2D eigenvalue weighted by Crippen LogP contribution is 2.33. The summed E-state index contributed by atoms with van der Waals surface area (Å²) < 4.78 is 0. The molecule has 5 rings (SSSR count). The van der Waals surface area contributed by atoms with E-state index in [1.807, 2.05) is 30.3 Å². The lowest BCUT2D eigenvalue weighted by Gasteiger charge is -2.28. The van der Waals surface area contributed by atoms with E-state index in [0.29, 0.717) is 17.7 Å². The Labute approximate surface area is 179 Å². The molecule has 0 saturated carbocycles. The van der Waals surface area contributed by atoms with Gasteiger partial charge in [-0.2, -0.15) is 0 Å². The van der Waals surface area contributed by atoms with Gasteiger partial charge in [-0.05, 0) is 36.6 Å². The molecule has 8 nitrogen and oxygen atoms in total. The largest absolute Gasteiger partial charge is 0.383 e. The zero-order valence-electron chi connectivity index (χ0n) is 16.9. The summed E-state index contributed by atoms with van der Waals surface area (Å²) in [5, 5.41) is 5.66. The quantitative estimate of drug-likeness (QED) is 0.739. The van der Waals surface area contributed by atoms with E-state index < -0.39 is 23.8 Å². The number of amides is 4. The number of hydrogen-bond acceptors (Lipinski definition) is 6. The number of imide groups is 2. The van der Waals surface area contributed by atoms with Gasteiger partial charge in [-0.1, -0.05) is 24.3 Å². The Balaban J connectivity index is 1.48. The fourth-order valence-corrected chi connectivity index (χ4v) is 4.60. The summed E-state index contributed by atoms with van der Waals surface area (Å²) in [4.78, 5) is 53.4. The minimum Gasteiger partial charge on any atom is -0.383 e. The van der Waals surface area contributed by atoms with Gasteiger partial charge < -0.3 is 10.2 Å². The molecule has 3 aliphatic rings. The second kappa shape index (κ2) is 7.54. The fourth-order valence-electron chi connectivity index (χ4n) is 4.60. The van der Waals surface area contributed by atoms with Crippen LogP contribution >= 0.6 is 0 Å². The monoisotopic (exact) mass is 418 g/mol. The Kier molecular flexibility index (Phi) is 4.69. The smallest absolute Gasteiger partial charge is 0.262 e. The van der Waals surface area contributed by atoms with Crippen molar-refractivity contribution in [1.82, 2.24) is 10.2 Å². The van der Waals surface area contributed by atoms with Crippen LogP contribution in [0.25, 0.3) is 0 Å². The predicted molar refractivity (Wildman–Crippen MR) is 114 cm³/mol. The molecule has 0 aliphatic carbocycles. The molecule has 1 atom stereocenters. The maximum Gasteiger partial charge on any atom is 0.262 e. The molecule has 0 aromatic heterocycles. The van der Waals surface area contributed by atoms with Crippen LogP contribution in [0.2, 0.25) is 0 Å². The molecule has 1 fully saturated rings. The summed E-state index contributed by atoms with van der Waals surface area (Å²) in [6.07, 6.45) is 1.20. The summed E-state index contributed by atoms with van der Waals surface area (Å²) in [6.45, 7) is 2.15. The molecule has 0 bridgehead atoms. The third-order valence-electron chi connectivity index (χ3n) is 6.08. The Morgan fingerprint density at radius 2 is 1.81 bits per heavy atom. The first kappa shape index (κ1) is 19.3. The molecule has 2 aromatic rings. The van der Waals surface area contributed by atoms with E-state index >= 15 is 0 Å². The van der Waals surface area contributed by atoms with E-state index in [4.69, 9.17) is 0 Å². The van der Waals surface area contributed by atoms with Gasteiger partial charge in [-0.25, -0.2) is 0 Å². The number of nitrogens with zero attached hydrogens (tertiary/aromatic N) is 2. The van der Waals surface area contributed by atoms with Crippen LogP contribution in [0, 0.1) is 0 Å². The van der Waals surface area contributed by atoms with Crippen LogP contribution in [0.4, 0.5) is 11.4 Å². The maximum absolute atomic E-state index is 13.3. The van der Waals surface area contributed by atoms with E-state index in [1.165, 1.54) is 0 Å². The number of anilines is 2. The van der Waals surface area contributed by atoms with Crippen molar-refractivity contribution in [2.24, 2.45) is 0 Å². The first-order valence-electron chi connectivity index (χ1n) is 10.5. The molecule has 2 aromatic carbocycles. The Morgan fingerprint density at radius 3 is 2.65 bits per heavy atom. The minimum absolute atomic E-state index is 0.105. The summed E-state index contributed by atoms with van der Waals surface area (Å²) in [6, 6.07) is 12.3. The summed E-state index contributed by atoms with van der Waals surface area (Å²) in [5.74, 6) is -1.92. The molecule has 2 N–H and O–H groups in total. The van der Waals surface area contributed by atoms with Gasteiger partial charge >= 0.3 is 0 Å². The number of nitrogens with one attached hydrogen (secondary N) is 2. The van der Waals surface area contributed by atoms with Crippen molar-refractivity contribution in [2.75, 3.05) is 23.3 Å². The molecule has 1 unspecified atom stereocenters. The number of piperidine rings is 1. The zero-order chi connectivity index (χ0) is 21.5. The molecule has 31 heavy (non-hydrogen) atoms. The van der Waals surface area contributed by atoms with Gasteiger partial charge in [0.15, 0.2) is 0 Å². The lowest BCUT2D eigenvalue weighted by atomic mass is 10.0. The number of fused-ring (bicyclic) bond motifs is 2. The van der Waals surface area contributed by atoms with E-state index in [2.05, 4.69) is 15.5 Å². The van der Waals surface area contributed by atoms with Gasteiger partial charge in [-0.3, -0.25) is 29.4 Å². The lowest BCUT2D eigenvalue weighted by molar-refractivity contribution is -0.136. The van der Waals surface area contributed by atoms with Crippen LogP contribution in [-0.4, -0.2) is 47.7 Å².